The van der Waals surface area contributed by atoms with E-state index in [2.05, 4.69) is 10.4 Å². The fourth-order valence-corrected chi connectivity index (χ4v) is 3.93. The monoisotopic (exact) mass is 398 g/mol. The molecule has 0 aromatic carbocycles. The topological polar surface area (TPSA) is 102 Å². The average Bonchev–Trinajstić information content (AvgIpc) is 3.01. The quantitative estimate of drug-likeness (QED) is 0.785. The molecule has 1 fully saturated rings. The first-order valence-electron chi connectivity index (χ1n) is 7.85. The van der Waals surface area contributed by atoms with Crippen molar-refractivity contribution in [2.45, 2.75) is 43.4 Å². The number of amides is 2. The van der Waals surface area contributed by atoms with Crippen LogP contribution < -0.4 is 10.0 Å². The maximum absolute atomic E-state index is 12.9. The number of hydrogen-bond donors (Lipinski definition) is 2. The summed E-state index contributed by atoms with van der Waals surface area (Å²) in [6.07, 6.45) is -2.90. The van der Waals surface area contributed by atoms with E-state index < -0.39 is 32.8 Å². The highest BCUT2D eigenvalue weighted by Gasteiger charge is 2.41. The SMILES string of the molecule is Cn1cc(S(=O)(=O)NC(=O)NCCC2COC(C)(C)C2)c(C(F)(F)F)n1. The minimum Gasteiger partial charge on any atom is -0.375 e. The first kappa shape index (κ1) is 20.5. The van der Waals surface area contributed by atoms with E-state index in [1.165, 1.54) is 0 Å². The number of urea groups is 1. The molecule has 1 aliphatic heterocycles. The Hall–Kier alpha value is -1.82. The number of alkyl halides is 3. The van der Waals surface area contributed by atoms with E-state index in [9.17, 15) is 26.4 Å². The van der Waals surface area contributed by atoms with Gasteiger partial charge in [0.2, 0.25) is 0 Å². The highest BCUT2D eigenvalue weighted by molar-refractivity contribution is 7.90. The van der Waals surface area contributed by atoms with Gasteiger partial charge in [-0.25, -0.2) is 17.9 Å². The van der Waals surface area contributed by atoms with Crippen molar-refractivity contribution >= 4 is 16.1 Å². The molecular weight excluding hydrogens is 377 g/mol. The summed E-state index contributed by atoms with van der Waals surface area (Å²) in [5, 5.41) is 5.44. The van der Waals surface area contributed by atoms with Crippen LogP contribution in [0.4, 0.5) is 18.0 Å². The molecule has 2 N–H and O–H groups in total. The lowest BCUT2D eigenvalue weighted by Gasteiger charge is -2.15. The fourth-order valence-electron chi connectivity index (χ4n) is 2.80. The Kier molecular flexibility index (Phi) is 5.57. The molecule has 0 radical (unpaired) electrons. The maximum atomic E-state index is 12.9. The number of nitrogens with zero attached hydrogens (tertiary/aromatic N) is 2. The number of sulfonamides is 1. The lowest BCUT2D eigenvalue weighted by atomic mass is 9.95. The third-order valence-corrected chi connectivity index (χ3v) is 5.24. The Morgan fingerprint density at radius 3 is 2.65 bits per heavy atom. The molecule has 1 aromatic rings. The second-order valence-corrected chi connectivity index (χ2v) is 8.46. The van der Waals surface area contributed by atoms with Gasteiger partial charge in [0.15, 0.2) is 5.69 Å². The molecule has 12 heteroatoms. The minimum atomic E-state index is -4.96. The molecule has 2 amide bonds. The molecule has 1 unspecified atom stereocenters. The molecule has 0 spiro atoms. The molecule has 1 aromatic heterocycles. The predicted octanol–water partition coefficient (Wildman–Crippen LogP) is 1.63. The number of rotatable bonds is 5. The summed E-state index contributed by atoms with van der Waals surface area (Å²) < 4.78 is 70.7. The van der Waals surface area contributed by atoms with Crippen molar-refractivity contribution in [2.24, 2.45) is 13.0 Å². The Balaban J connectivity index is 1.94. The lowest BCUT2D eigenvalue weighted by Crippen LogP contribution is -2.40. The van der Waals surface area contributed by atoms with Gasteiger partial charge >= 0.3 is 12.2 Å². The third-order valence-electron chi connectivity index (χ3n) is 3.91. The number of aromatic nitrogens is 2. The van der Waals surface area contributed by atoms with E-state index in [4.69, 9.17) is 4.74 Å². The fraction of sp³-hybridized carbons (Fsp3) is 0.714. The van der Waals surface area contributed by atoms with Gasteiger partial charge in [0.25, 0.3) is 10.0 Å². The van der Waals surface area contributed by atoms with Gasteiger partial charge in [0.1, 0.15) is 4.90 Å². The summed E-state index contributed by atoms with van der Waals surface area (Å²) >= 11 is 0. The van der Waals surface area contributed by atoms with Crippen LogP contribution in [-0.2, 0) is 28.0 Å². The highest BCUT2D eigenvalue weighted by atomic mass is 32.2. The van der Waals surface area contributed by atoms with E-state index >= 15 is 0 Å². The van der Waals surface area contributed by atoms with Gasteiger partial charge in [-0.1, -0.05) is 0 Å². The molecule has 26 heavy (non-hydrogen) atoms. The van der Waals surface area contributed by atoms with Crippen LogP contribution in [0.2, 0.25) is 0 Å². The van der Waals surface area contributed by atoms with Crippen molar-refractivity contribution in [1.29, 1.82) is 0 Å². The van der Waals surface area contributed by atoms with Crippen molar-refractivity contribution in [3.8, 4) is 0 Å². The smallest absolute Gasteiger partial charge is 0.375 e. The molecule has 0 aliphatic carbocycles. The summed E-state index contributed by atoms with van der Waals surface area (Å²) in [5.74, 6) is 0.220. The van der Waals surface area contributed by atoms with Crippen LogP contribution >= 0.6 is 0 Å². The zero-order valence-corrected chi connectivity index (χ0v) is 15.4. The molecule has 0 saturated carbocycles. The number of nitrogens with one attached hydrogen (secondary N) is 2. The largest absolute Gasteiger partial charge is 0.436 e. The van der Waals surface area contributed by atoms with E-state index in [1.807, 2.05) is 13.8 Å². The van der Waals surface area contributed by atoms with Crippen LogP contribution in [0, 0.1) is 5.92 Å². The molecular formula is C14H21F3N4O4S. The van der Waals surface area contributed by atoms with Crippen molar-refractivity contribution in [2.75, 3.05) is 13.2 Å². The van der Waals surface area contributed by atoms with E-state index in [1.54, 1.807) is 4.72 Å². The van der Waals surface area contributed by atoms with Crippen LogP contribution in [0.3, 0.4) is 0 Å². The number of ether oxygens (including phenoxy) is 1. The Morgan fingerprint density at radius 1 is 1.46 bits per heavy atom. The maximum Gasteiger partial charge on any atom is 0.436 e. The number of carbonyl (C=O) groups is 1. The normalized spacial score (nSPS) is 20.2. The van der Waals surface area contributed by atoms with Crippen molar-refractivity contribution in [3.63, 3.8) is 0 Å². The summed E-state index contributed by atoms with van der Waals surface area (Å²) in [7, 11) is -3.56. The molecule has 2 heterocycles. The van der Waals surface area contributed by atoms with Gasteiger partial charge in [-0.15, -0.1) is 0 Å². The molecule has 148 valence electrons. The predicted molar refractivity (Wildman–Crippen MR) is 84.7 cm³/mol. The van der Waals surface area contributed by atoms with Gasteiger partial charge in [0.05, 0.1) is 12.2 Å². The molecule has 1 atom stereocenters. The van der Waals surface area contributed by atoms with Crippen LogP contribution in [0.15, 0.2) is 11.1 Å². The Bertz CT molecular complexity index is 774. The number of aryl methyl sites for hydroxylation is 1. The minimum absolute atomic E-state index is 0.171. The second-order valence-electron chi connectivity index (χ2n) is 6.80. The average molecular weight is 398 g/mol. The van der Waals surface area contributed by atoms with Crippen LogP contribution in [-0.4, -0.2) is 43.0 Å². The number of carbonyl (C=O) groups excluding carboxylic acids is 1. The van der Waals surface area contributed by atoms with Crippen molar-refractivity contribution < 1.29 is 31.1 Å². The number of halogens is 3. The lowest BCUT2D eigenvalue weighted by molar-refractivity contribution is -0.143. The Morgan fingerprint density at radius 2 is 2.12 bits per heavy atom. The van der Waals surface area contributed by atoms with Gasteiger partial charge in [-0.05, 0) is 32.6 Å². The van der Waals surface area contributed by atoms with Crippen LogP contribution in [0.5, 0.6) is 0 Å². The first-order chi connectivity index (χ1) is 11.8. The molecule has 1 aliphatic rings. The van der Waals surface area contributed by atoms with Gasteiger partial charge in [-0.3, -0.25) is 4.68 Å². The summed E-state index contributed by atoms with van der Waals surface area (Å²) in [6, 6.07) is -1.10. The highest BCUT2D eigenvalue weighted by Crippen LogP contribution is 2.33. The van der Waals surface area contributed by atoms with Gasteiger partial charge in [-0.2, -0.15) is 18.3 Å². The summed E-state index contributed by atoms with van der Waals surface area (Å²) in [6.45, 7) is 4.61. The standard InChI is InChI=1S/C14H21F3N4O4S/c1-13(2)6-9(8-25-13)4-5-18-12(22)20-26(23,24)10-7-21(3)19-11(10)14(15,16)17/h7,9H,4-6,8H2,1-3H3,(H2,18,20,22). The van der Waals surface area contributed by atoms with Crippen LogP contribution in [0.1, 0.15) is 32.4 Å². The molecule has 0 bridgehead atoms. The van der Waals surface area contributed by atoms with Gasteiger partial charge < -0.3 is 10.1 Å². The van der Waals surface area contributed by atoms with Crippen LogP contribution in [0.25, 0.3) is 0 Å². The third kappa shape index (κ3) is 5.10. The van der Waals surface area contributed by atoms with Gasteiger partial charge in [0, 0.05) is 19.8 Å². The zero-order valence-electron chi connectivity index (χ0n) is 14.6. The van der Waals surface area contributed by atoms with E-state index in [-0.39, 0.29) is 18.1 Å². The number of hydrogen-bond acceptors (Lipinski definition) is 5. The van der Waals surface area contributed by atoms with Crippen molar-refractivity contribution in [3.05, 3.63) is 11.9 Å². The molecule has 1 saturated heterocycles. The molecule has 8 nitrogen and oxygen atoms in total. The zero-order chi connectivity index (χ0) is 19.8. The summed E-state index contributed by atoms with van der Waals surface area (Å²) in [5.41, 5.74) is -1.81. The second kappa shape index (κ2) is 7.06. The summed E-state index contributed by atoms with van der Waals surface area (Å²) in [4.78, 5) is 10.7. The molecule has 2 rings (SSSR count). The van der Waals surface area contributed by atoms with E-state index in [0.717, 1.165) is 18.2 Å². The Labute approximate surface area is 149 Å². The van der Waals surface area contributed by atoms with E-state index in [0.29, 0.717) is 19.2 Å². The first-order valence-corrected chi connectivity index (χ1v) is 9.34. The van der Waals surface area contributed by atoms with Crippen molar-refractivity contribution in [1.82, 2.24) is 19.8 Å².